The molecule has 2 aliphatic heterocycles. The quantitative estimate of drug-likeness (QED) is 0.575. The molecule has 2 N–H and O–H groups in total. The molecule has 0 unspecified atom stereocenters. The van der Waals surface area contributed by atoms with E-state index >= 15 is 0 Å². The van der Waals surface area contributed by atoms with Gasteiger partial charge in [-0.15, -0.1) is 11.8 Å². The first-order chi connectivity index (χ1) is 17.1. The lowest BCUT2D eigenvalue weighted by Gasteiger charge is -2.43. The molecule has 2 saturated carbocycles. The topological polar surface area (TPSA) is 111 Å². The van der Waals surface area contributed by atoms with Crippen molar-refractivity contribution in [1.82, 2.24) is 9.88 Å². The van der Waals surface area contributed by atoms with Crippen LogP contribution in [0.1, 0.15) is 36.6 Å². The Morgan fingerprint density at radius 3 is 2.31 bits per heavy atom. The van der Waals surface area contributed by atoms with Crippen molar-refractivity contribution in [3.8, 4) is 0 Å². The Labute approximate surface area is 217 Å². The third kappa shape index (κ3) is 3.19. The van der Waals surface area contributed by atoms with Gasteiger partial charge in [-0.05, 0) is 47.8 Å². The van der Waals surface area contributed by atoms with Gasteiger partial charge in [0.15, 0.2) is 0 Å². The van der Waals surface area contributed by atoms with Crippen molar-refractivity contribution in [2.45, 2.75) is 42.5 Å². The Bertz CT molecular complexity index is 1320. The average Bonchev–Trinajstić information content (AvgIpc) is 3.54. The molecule has 2 amide bonds. The van der Waals surface area contributed by atoms with Gasteiger partial charge in [-0.25, -0.2) is 4.79 Å². The largest absolute Gasteiger partial charge is 0.480 e. The number of carboxylic acid groups (broad SMARTS) is 1. The van der Waals surface area contributed by atoms with Crippen molar-refractivity contribution in [2.24, 2.45) is 35.5 Å². The number of thioether (sulfide) groups is 1. The molecule has 4 aliphatic rings. The molecule has 1 aromatic carbocycles. The second-order valence-electron chi connectivity index (χ2n) is 11.0. The predicted molar refractivity (Wildman–Crippen MR) is 137 cm³/mol. The fourth-order valence-electron chi connectivity index (χ4n) is 7.36. The molecule has 6 rings (SSSR count). The molecule has 10 heteroatoms. The van der Waals surface area contributed by atoms with Crippen LogP contribution in [-0.2, 0) is 14.4 Å². The maximum Gasteiger partial charge on any atom is 0.327 e. The van der Waals surface area contributed by atoms with Crippen LogP contribution in [0, 0.1) is 35.5 Å². The Hall–Kier alpha value is -2.59. The van der Waals surface area contributed by atoms with Crippen molar-refractivity contribution in [2.75, 3.05) is 19.0 Å². The SMILES string of the molecule is CC(C)[C@H](C(=O)O)N1C(=O)[C@@H]2[C@H]3C[C@@H]([C@@H]2C1=O)[C@@H]1[C@H](c2ccc(N(C)C)cc2)c2sc(=O)[nH]c2S[C@H]31. The molecule has 1 aromatic heterocycles. The minimum Gasteiger partial charge on any atom is -0.480 e. The van der Waals surface area contributed by atoms with E-state index in [-0.39, 0.29) is 51.5 Å². The number of benzene rings is 1. The number of carbonyl (C=O) groups is 3. The monoisotopic (exact) mass is 527 g/mol. The van der Waals surface area contributed by atoms with E-state index in [1.165, 1.54) is 11.3 Å². The minimum atomic E-state index is -1.14. The summed E-state index contributed by atoms with van der Waals surface area (Å²) >= 11 is 2.88. The Kier molecular flexibility index (Phi) is 5.42. The number of hydrogen-bond donors (Lipinski definition) is 2. The van der Waals surface area contributed by atoms with Gasteiger partial charge < -0.3 is 15.0 Å². The zero-order chi connectivity index (χ0) is 25.6. The lowest BCUT2D eigenvalue weighted by molar-refractivity contribution is -0.157. The summed E-state index contributed by atoms with van der Waals surface area (Å²) in [5.41, 5.74) is 2.19. The summed E-state index contributed by atoms with van der Waals surface area (Å²) in [6.07, 6.45) is 0.786. The molecule has 3 heterocycles. The van der Waals surface area contributed by atoms with E-state index < -0.39 is 23.8 Å². The number of nitrogens with zero attached hydrogens (tertiary/aromatic N) is 2. The molecule has 8 atom stereocenters. The first-order valence-electron chi connectivity index (χ1n) is 12.4. The summed E-state index contributed by atoms with van der Waals surface area (Å²) in [4.78, 5) is 58.8. The molecule has 0 spiro atoms. The van der Waals surface area contributed by atoms with Crippen molar-refractivity contribution in [1.29, 1.82) is 0 Å². The van der Waals surface area contributed by atoms with Crippen molar-refractivity contribution < 1.29 is 19.5 Å². The molecule has 2 bridgehead atoms. The van der Waals surface area contributed by atoms with Gasteiger partial charge in [0.2, 0.25) is 11.8 Å². The van der Waals surface area contributed by atoms with Crippen molar-refractivity contribution >= 4 is 46.6 Å². The first kappa shape index (κ1) is 23.8. The van der Waals surface area contributed by atoms with Gasteiger partial charge in [0, 0.05) is 35.8 Å². The standard InChI is InChI=1S/C26H29N3O5S2/c1-10(2)19(25(32)33)29-23(30)17-13-9-14(18(17)24(29)31)20-16(13)15(21-22(35-20)27-26(34)36-21)11-5-7-12(8-6-11)28(3)4/h5-8,10,13-20H,9H2,1-4H3,(H,27,34)(H,32,33)/t13-,14-,15+,16-,17+,18-,19-,20-/m1/s1. The summed E-state index contributed by atoms with van der Waals surface area (Å²) in [7, 11) is 3.98. The molecule has 3 fully saturated rings. The Morgan fingerprint density at radius 1 is 1.08 bits per heavy atom. The van der Waals surface area contributed by atoms with E-state index in [2.05, 4.69) is 29.2 Å². The van der Waals surface area contributed by atoms with Crippen LogP contribution < -0.4 is 9.77 Å². The highest BCUT2D eigenvalue weighted by atomic mass is 32.2. The maximum atomic E-state index is 13.7. The van der Waals surface area contributed by atoms with Crippen LogP contribution in [0.25, 0.3) is 0 Å². The molecule has 190 valence electrons. The van der Waals surface area contributed by atoms with Gasteiger partial charge in [-0.3, -0.25) is 19.3 Å². The molecular weight excluding hydrogens is 498 g/mol. The number of hydrogen-bond acceptors (Lipinski definition) is 7. The number of imide groups is 1. The minimum absolute atomic E-state index is 0.0156. The number of H-pyrrole nitrogens is 1. The van der Waals surface area contributed by atoms with Gasteiger partial charge in [-0.1, -0.05) is 37.3 Å². The number of aromatic nitrogens is 1. The molecular formula is C26H29N3O5S2. The molecule has 1 saturated heterocycles. The predicted octanol–water partition coefficient (Wildman–Crippen LogP) is 3.08. The van der Waals surface area contributed by atoms with E-state index in [1.807, 2.05) is 19.0 Å². The highest BCUT2D eigenvalue weighted by molar-refractivity contribution is 8.00. The number of amides is 2. The number of rotatable bonds is 5. The number of anilines is 1. The molecule has 0 radical (unpaired) electrons. The van der Waals surface area contributed by atoms with Gasteiger partial charge >= 0.3 is 10.8 Å². The van der Waals surface area contributed by atoms with E-state index in [1.54, 1.807) is 25.6 Å². The normalized spacial score (nSPS) is 33.0. The number of thiazole rings is 1. The molecule has 2 aliphatic carbocycles. The maximum absolute atomic E-state index is 13.7. The zero-order valence-electron chi connectivity index (χ0n) is 20.5. The van der Waals surface area contributed by atoms with Crippen LogP contribution >= 0.6 is 23.1 Å². The highest BCUT2D eigenvalue weighted by Crippen LogP contribution is 2.68. The number of fused-ring (bicyclic) bond motifs is 9. The van der Waals surface area contributed by atoms with E-state index in [0.29, 0.717) is 0 Å². The number of aromatic amines is 1. The number of aliphatic carboxylic acids is 1. The fourth-order valence-corrected chi connectivity index (χ4v) is 10.2. The number of carboxylic acids is 1. The number of likely N-dealkylation sites (tertiary alicyclic amines) is 1. The van der Waals surface area contributed by atoms with Crippen LogP contribution in [0.3, 0.4) is 0 Å². The third-order valence-corrected chi connectivity index (χ3v) is 11.3. The second-order valence-corrected chi connectivity index (χ2v) is 13.2. The molecule has 36 heavy (non-hydrogen) atoms. The molecule has 2 aromatic rings. The Balaban J connectivity index is 1.42. The second kappa shape index (κ2) is 8.21. The van der Waals surface area contributed by atoms with Gasteiger partial charge in [-0.2, -0.15) is 0 Å². The fraction of sp³-hybridized carbons (Fsp3) is 0.538. The van der Waals surface area contributed by atoms with Crippen molar-refractivity contribution in [3.05, 3.63) is 44.4 Å². The first-order valence-corrected chi connectivity index (χ1v) is 14.1. The number of carbonyl (C=O) groups excluding carboxylic acids is 2. The number of nitrogens with one attached hydrogen (secondary N) is 1. The third-order valence-electron chi connectivity index (χ3n) is 8.69. The van der Waals surface area contributed by atoms with Crippen LogP contribution in [0.5, 0.6) is 0 Å². The summed E-state index contributed by atoms with van der Waals surface area (Å²) in [5, 5.41) is 10.8. The lowest BCUT2D eigenvalue weighted by atomic mass is 9.68. The lowest BCUT2D eigenvalue weighted by Crippen LogP contribution is -2.49. The smallest absolute Gasteiger partial charge is 0.327 e. The van der Waals surface area contributed by atoms with Gasteiger partial charge in [0.05, 0.1) is 16.9 Å². The summed E-state index contributed by atoms with van der Waals surface area (Å²) in [6.45, 7) is 3.47. The summed E-state index contributed by atoms with van der Waals surface area (Å²) < 4.78 is 0. The van der Waals surface area contributed by atoms with Crippen molar-refractivity contribution in [3.63, 3.8) is 0 Å². The summed E-state index contributed by atoms with van der Waals surface area (Å²) in [5.74, 6) is -3.09. The van der Waals surface area contributed by atoms with E-state index in [4.69, 9.17) is 0 Å². The average molecular weight is 528 g/mol. The van der Waals surface area contributed by atoms with Crippen LogP contribution in [-0.4, -0.2) is 58.2 Å². The van der Waals surface area contributed by atoms with Gasteiger partial charge in [0.1, 0.15) is 6.04 Å². The van der Waals surface area contributed by atoms with Crippen LogP contribution in [0.15, 0.2) is 34.1 Å². The Morgan fingerprint density at radius 2 is 1.72 bits per heavy atom. The summed E-state index contributed by atoms with van der Waals surface area (Å²) in [6, 6.07) is 7.22. The van der Waals surface area contributed by atoms with Crippen LogP contribution in [0.2, 0.25) is 0 Å². The van der Waals surface area contributed by atoms with E-state index in [0.717, 1.165) is 32.5 Å². The zero-order valence-corrected chi connectivity index (χ0v) is 22.1. The highest BCUT2D eigenvalue weighted by Gasteiger charge is 2.70. The molecule has 8 nitrogen and oxygen atoms in total. The van der Waals surface area contributed by atoms with Gasteiger partial charge in [0.25, 0.3) is 0 Å². The van der Waals surface area contributed by atoms with Crippen LogP contribution in [0.4, 0.5) is 5.69 Å². The van der Waals surface area contributed by atoms with E-state index in [9.17, 15) is 24.3 Å².